The largest absolute Gasteiger partial charge is 0.480 e. The van der Waals surface area contributed by atoms with Crippen molar-refractivity contribution in [2.45, 2.75) is 6.54 Å². The summed E-state index contributed by atoms with van der Waals surface area (Å²) >= 11 is 5.89. The first-order valence-electron chi connectivity index (χ1n) is 4.45. The molecule has 2 aromatic rings. The van der Waals surface area contributed by atoms with Gasteiger partial charge in [-0.25, -0.2) is 4.98 Å². The van der Waals surface area contributed by atoms with Gasteiger partial charge in [-0.3, -0.25) is 0 Å². The third kappa shape index (κ3) is 1.86. The number of methoxy groups -OCH3 is 1. The first-order chi connectivity index (χ1) is 7.24. The van der Waals surface area contributed by atoms with Crippen molar-refractivity contribution in [3.63, 3.8) is 0 Å². The van der Waals surface area contributed by atoms with Gasteiger partial charge in [-0.15, -0.1) is 0 Å². The van der Waals surface area contributed by atoms with Crippen molar-refractivity contribution in [3.05, 3.63) is 29.0 Å². The average Bonchev–Trinajstić information content (AvgIpc) is 2.27. The van der Waals surface area contributed by atoms with Crippen LogP contribution in [0.1, 0.15) is 5.82 Å². The fourth-order valence-electron chi connectivity index (χ4n) is 1.37. The minimum Gasteiger partial charge on any atom is -0.480 e. The smallest absolute Gasteiger partial charge is 0.224 e. The number of ether oxygens (including phenoxy) is 1. The van der Waals surface area contributed by atoms with E-state index in [9.17, 15) is 0 Å². The van der Waals surface area contributed by atoms with Crippen LogP contribution in [0.5, 0.6) is 5.88 Å². The number of halogens is 1. The van der Waals surface area contributed by atoms with Crippen molar-refractivity contribution in [2.24, 2.45) is 5.73 Å². The molecule has 0 aliphatic heterocycles. The van der Waals surface area contributed by atoms with Crippen LogP contribution in [-0.2, 0) is 6.54 Å². The molecule has 5 heteroatoms. The van der Waals surface area contributed by atoms with Gasteiger partial charge in [-0.1, -0.05) is 11.6 Å². The fourth-order valence-corrected chi connectivity index (χ4v) is 1.54. The predicted molar refractivity (Wildman–Crippen MR) is 59.0 cm³/mol. The van der Waals surface area contributed by atoms with Crippen LogP contribution in [0.3, 0.4) is 0 Å². The molecule has 0 aliphatic rings. The highest BCUT2D eigenvalue weighted by Crippen LogP contribution is 2.25. The minimum absolute atomic E-state index is 0.287. The van der Waals surface area contributed by atoms with Gasteiger partial charge >= 0.3 is 0 Å². The molecule has 4 nitrogen and oxygen atoms in total. The number of benzene rings is 1. The number of nitrogens with two attached hydrogens (primary N) is 1. The molecule has 0 aliphatic carbocycles. The van der Waals surface area contributed by atoms with Gasteiger partial charge in [0.15, 0.2) is 0 Å². The second-order valence-electron chi connectivity index (χ2n) is 3.01. The Kier molecular flexibility index (Phi) is 2.70. The first-order valence-corrected chi connectivity index (χ1v) is 4.82. The molecule has 78 valence electrons. The Morgan fingerprint density at radius 2 is 2.20 bits per heavy atom. The van der Waals surface area contributed by atoms with E-state index in [4.69, 9.17) is 22.1 Å². The van der Waals surface area contributed by atoms with Gasteiger partial charge in [0.25, 0.3) is 0 Å². The van der Waals surface area contributed by atoms with Crippen molar-refractivity contribution in [3.8, 4) is 5.88 Å². The molecule has 2 N–H and O–H groups in total. The van der Waals surface area contributed by atoms with Crippen LogP contribution < -0.4 is 10.5 Å². The minimum atomic E-state index is 0.287. The molecule has 0 unspecified atom stereocenters. The summed E-state index contributed by atoms with van der Waals surface area (Å²) in [7, 11) is 1.56. The van der Waals surface area contributed by atoms with Crippen molar-refractivity contribution in [1.29, 1.82) is 0 Å². The monoisotopic (exact) mass is 223 g/mol. The number of aromatic nitrogens is 2. The van der Waals surface area contributed by atoms with Gasteiger partial charge in [-0.05, 0) is 18.2 Å². The second kappa shape index (κ2) is 4.00. The Labute approximate surface area is 92.0 Å². The maximum Gasteiger partial charge on any atom is 0.224 e. The molecule has 0 bridgehead atoms. The lowest BCUT2D eigenvalue weighted by Gasteiger charge is -2.06. The number of nitrogens with zero attached hydrogens (tertiary/aromatic N) is 2. The van der Waals surface area contributed by atoms with E-state index in [1.54, 1.807) is 19.2 Å². The van der Waals surface area contributed by atoms with E-state index in [0.29, 0.717) is 16.7 Å². The summed E-state index contributed by atoms with van der Waals surface area (Å²) in [5.74, 6) is 1.06. The van der Waals surface area contributed by atoms with E-state index in [1.165, 1.54) is 0 Å². The number of fused-ring (bicyclic) bond motifs is 1. The average molecular weight is 224 g/mol. The quantitative estimate of drug-likeness (QED) is 0.843. The van der Waals surface area contributed by atoms with E-state index >= 15 is 0 Å². The number of hydrogen-bond acceptors (Lipinski definition) is 4. The van der Waals surface area contributed by atoms with Crippen LogP contribution >= 0.6 is 11.6 Å². The number of hydrogen-bond donors (Lipinski definition) is 1. The molecular weight excluding hydrogens is 214 g/mol. The van der Waals surface area contributed by atoms with Gasteiger partial charge in [0, 0.05) is 5.02 Å². The lowest BCUT2D eigenvalue weighted by Crippen LogP contribution is -2.04. The highest BCUT2D eigenvalue weighted by atomic mass is 35.5. The van der Waals surface area contributed by atoms with Gasteiger partial charge in [0.2, 0.25) is 5.88 Å². The van der Waals surface area contributed by atoms with E-state index in [1.807, 2.05) is 6.07 Å². The third-order valence-corrected chi connectivity index (χ3v) is 2.28. The summed E-state index contributed by atoms with van der Waals surface area (Å²) < 4.78 is 5.16. The Bertz CT molecular complexity index is 501. The molecule has 0 saturated heterocycles. The van der Waals surface area contributed by atoms with E-state index in [0.717, 1.165) is 10.9 Å². The Morgan fingerprint density at radius 1 is 1.40 bits per heavy atom. The van der Waals surface area contributed by atoms with Crippen LogP contribution in [0.4, 0.5) is 0 Å². The zero-order valence-electron chi connectivity index (χ0n) is 8.20. The molecule has 15 heavy (non-hydrogen) atoms. The summed E-state index contributed by atoms with van der Waals surface area (Å²) in [5, 5.41) is 1.42. The predicted octanol–water partition coefficient (Wildman–Crippen LogP) is 1.75. The van der Waals surface area contributed by atoms with E-state index in [-0.39, 0.29) is 6.54 Å². The summed E-state index contributed by atoms with van der Waals surface area (Å²) in [4.78, 5) is 8.43. The molecule has 1 aromatic heterocycles. The summed E-state index contributed by atoms with van der Waals surface area (Å²) in [6.07, 6.45) is 0. The van der Waals surface area contributed by atoms with E-state index < -0.39 is 0 Å². The zero-order chi connectivity index (χ0) is 10.8. The number of rotatable bonds is 2. The highest BCUT2D eigenvalue weighted by Gasteiger charge is 2.07. The van der Waals surface area contributed by atoms with Crippen molar-refractivity contribution < 1.29 is 4.74 Å². The van der Waals surface area contributed by atoms with E-state index in [2.05, 4.69) is 9.97 Å². The van der Waals surface area contributed by atoms with Crippen LogP contribution in [0, 0.1) is 0 Å². The van der Waals surface area contributed by atoms with Gasteiger partial charge in [0.05, 0.1) is 24.6 Å². The molecule has 0 atom stereocenters. The summed E-state index contributed by atoms with van der Waals surface area (Å²) in [6, 6.07) is 5.37. The molecule has 0 spiro atoms. The van der Waals surface area contributed by atoms with Crippen LogP contribution in [0.25, 0.3) is 10.9 Å². The first kappa shape index (κ1) is 10.1. The molecule has 1 heterocycles. The van der Waals surface area contributed by atoms with Crippen LogP contribution in [0.2, 0.25) is 5.02 Å². The lowest BCUT2D eigenvalue weighted by molar-refractivity contribution is 0.401. The van der Waals surface area contributed by atoms with Crippen LogP contribution in [-0.4, -0.2) is 17.1 Å². The molecule has 0 fully saturated rings. The standard InChI is InChI=1S/C10H10ClN3O/c1-15-10-7-4-6(11)2-3-8(7)13-9(5-12)14-10/h2-4H,5,12H2,1H3. The lowest BCUT2D eigenvalue weighted by atomic mass is 10.2. The molecule has 0 saturated carbocycles. The van der Waals surface area contributed by atoms with Gasteiger partial charge < -0.3 is 10.5 Å². The van der Waals surface area contributed by atoms with Crippen LogP contribution in [0.15, 0.2) is 18.2 Å². The van der Waals surface area contributed by atoms with Gasteiger partial charge in [-0.2, -0.15) is 4.98 Å². The Hall–Kier alpha value is -1.39. The topological polar surface area (TPSA) is 61.0 Å². The van der Waals surface area contributed by atoms with Crippen molar-refractivity contribution in [1.82, 2.24) is 9.97 Å². The third-order valence-electron chi connectivity index (χ3n) is 2.05. The second-order valence-corrected chi connectivity index (χ2v) is 3.45. The zero-order valence-corrected chi connectivity index (χ0v) is 8.95. The molecule has 0 amide bonds. The van der Waals surface area contributed by atoms with Crippen molar-refractivity contribution >= 4 is 22.5 Å². The molecule has 1 aromatic carbocycles. The highest BCUT2D eigenvalue weighted by molar-refractivity contribution is 6.31. The summed E-state index contributed by atoms with van der Waals surface area (Å²) in [6.45, 7) is 0.287. The molecule has 0 radical (unpaired) electrons. The SMILES string of the molecule is COc1nc(CN)nc2ccc(Cl)cc12. The maximum atomic E-state index is 5.89. The maximum absolute atomic E-state index is 5.89. The van der Waals surface area contributed by atoms with Gasteiger partial charge in [0.1, 0.15) is 5.82 Å². The Balaban J connectivity index is 2.75. The Morgan fingerprint density at radius 3 is 2.87 bits per heavy atom. The molecular formula is C10H10ClN3O. The normalized spacial score (nSPS) is 10.6. The van der Waals surface area contributed by atoms with Crippen molar-refractivity contribution in [2.75, 3.05) is 7.11 Å². The molecule has 2 rings (SSSR count). The fraction of sp³-hybridized carbons (Fsp3) is 0.200. The summed E-state index contributed by atoms with van der Waals surface area (Å²) in [5.41, 5.74) is 6.27.